The molecule has 5 nitrogen and oxygen atoms in total. The van der Waals surface area contributed by atoms with Crippen LogP contribution in [0.2, 0.25) is 0 Å². The van der Waals surface area contributed by atoms with E-state index in [4.69, 9.17) is 0 Å². The number of H-pyrrole nitrogens is 1. The molecular weight excluding hydrogens is 393 g/mol. The van der Waals surface area contributed by atoms with Crippen molar-refractivity contribution in [2.75, 3.05) is 6.54 Å². The summed E-state index contributed by atoms with van der Waals surface area (Å²) in [6.07, 6.45) is 2.30. The predicted octanol–water partition coefficient (Wildman–Crippen LogP) is 4.36. The van der Waals surface area contributed by atoms with E-state index in [2.05, 4.69) is 15.4 Å². The lowest BCUT2D eigenvalue weighted by Gasteiger charge is -2.08. The molecule has 2 aromatic heterocycles. The quantitative estimate of drug-likeness (QED) is 0.512. The number of aromatic amines is 1. The number of halogens is 3. The van der Waals surface area contributed by atoms with E-state index in [0.717, 1.165) is 28.6 Å². The molecular formula is C22H19F3N4O. The number of rotatable bonds is 5. The van der Waals surface area contributed by atoms with Crippen LogP contribution in [0.25, 0.3) is 16.6 Å². The summed E-state index contributed by atoms with van der Waals surface area (Å²) in [5.41, 5.74) is 3.00. The number of nitrogens with zero attached hydrogens (tertiary/aromatic N) is 2. The summed E-state index contributed by atoms with van der Waals surface area (Å²) in [5, 5.41) is 7.85. The molecule has 1 amide bonds. The highest BCUT2D eigenvalue weighted by Gasteiger charge is 2.21. The van der Waals surface area contributed by atoms with Crippen molar-refractivity contribution in [3.8, 4) is 5.69 Å². The maximum absolute atomic E-state index is 14.1. The number of nitrogens with one attached hydrogen (secondary N) is 2. The maximum atomic E-state index is 14.1. The number of fused-ring (bicyclic) bond motifs is 1. The van der Waals surface area contributed by atoms with E-state index in [1.807, 2.05) is 0 Å². The molecule has 0 saturated heterocycles. The van der Waals surface area contributed by atoms with Gasteiger partial charge in [0.05, 0.1) is 17.0 Å². The molecule has 0 unspecified atom stereocenters. The fraction of sp³-hybridized carbons (Fsp3) is 0.182. The van der Waals surface area contributed by atoms with Crippen LogP contribution in [0.5, 0.6) is 0 Å². The standard InChI is InChI=1S/C22H19F3N4O/c1-12-21(13(2)29(28-12)20-6-4-16(24)10-18(20)25)22(30)26-8-7-14-11-27-19-5-3-15(23)9-17(14)19/h3-6,9-11,27H,7-8H2,1-2H3,(H,26,30). The summed E-state index contributed by atoms with van der Waals surface area (Å²) in [6, 6.07) is 7.70. The average molecular weight is 412 g/mol. The van der Waals surface area contributed by atoms with Crippen LogP contribution in [-0.4, -0.2) is 27.2 Å². The molecule has 0 saturated carbocycles. The Balaban J connectivity index is 1.51. The fourth-order valence-electron chi connectivity index (χ4n) is 3.62. The zero-order valence-corrected chi connectivity index (χ0v) is 16.4. The molecule has 0 radical (unpaired) electrons. The Bertz CT molecular complexity index is 1260. The topological polar surface area (TPSA) is 62.7 Å². The minimum absolute atomic E-state index is 0.0665. The van der Waals surface area contributed by atoms with Gasteiger partial charge in [0.25, 0.3) is 5.91 Å². The number of benzene rings is 2. The summed E-state index contributed by atoms with van der Waals surface area (Å²) in [4.78, 5) is 15.8. The summed E-state index contributed by atoms with van der Waals surface area (Å²) in [6.45, 7) is 3.64. The number of amides is 1. The van der Waals surface area contributed by atoms with Gasteiger partial charge < -0.3 is 10.3 Å². The Labute approximate surface area is 170 Å². The lowest BCUT2D eigenvalue weighted by Crippen LogP contribution is -2.26. The van der Waals surface area contributed by atoms with Gasteiger partial charge in [-0.1, -0.05) is 0 Å². The van der Waals surface area contributed by atoms with Gasteiger partial charge in [-0.2, -0.15) is 5.10 Å². The molecule has 0 bridgehead atoms. The number of hydrogen-bond acceptors (Lipinski definition) is 2. The van der Waals surface area contributed by atoms with Crippen LogP contribution < -0.4 is 5.32 Å². The van der Waals surface area contributed by atoms with Crippen LogP contribution in [-0.2, 0) is 6.42 Å². The van der Waals surface area contributed by atoms with Crippen LogP contribution in [0.4, 0.5) is 13.2 Å². The normalized spacial score (nSPS) is 11.2. The van der Waals surface area contributed by atoms with E-state index in [-0.39, 0.29) is 17.4 Å². The maximum Gasteiger partial charge on any atom is 0.255 e. The van der Waals surface area contributed by atoms with Crippen LogP contribution in [0.1, 0.15) is 27.3 Å². The summed E-state index contributed by atoms with van der Waals surface area (Å²) in [7, 11) is 0. The van der Waals surface area contributed by atoms with Gasteiger partial charge in [-0.15, -0.1) is 0 Å². The summed E-state index contributed by atoms with van der Waals surface area (Å²) >= 11 is 0. The number of hydrogen-bond donors (Lipinski definition) is 2. The van der Waals surface area contributed by atoms with Crippen LogP contribution >= 0.6 is 0 Å². The Morgan fingerprint density at radius 1 is 1.10 bits per heavy atom. The van der Waals surface area contributed by atoms with Crippen molar-refractivity contribution in [2.24, 2.45) is 0 Å². The molecule has 0 aliphatic carbocycles. The van der Waals surface area contributed by atoms with Gasteiger partial charge in [0, 0.05) is 29.7 Å². The second-order valence-electron chi connectivity index (χ2n) is 7.06. The number of aryl methyl sites for hydroxylation is 1. The van der Waals surface area contributed by atoms with E-state index in [1.54, 1.807) is 26.1 Å². The van der Waals surface area contributed by atoms with Gasteiger partial charge in [-0.3, -0.25) is 4.79 Å². The van der Waals surface area contributed by atoms with Crippen molar-refractivity contribution in [1.82, 2.24) is 20.1 Å². The highest BCUT2D eigenvalue weighted by Crippen LogP contribution is 2.22. The first-order valence-electron chi connectivity index (χ1n) is 9.40. The van der Waals surface area contributed by atoms with Gasteiger partial charge >= 0.3 is 0 Å². The molecule has 0 atom stereocenters. The van der Waals surface area contributed by atoms with Gasteiger partial charge in [-0.25, -0.2) is 17.9 Å². The van der Waals surface area contributed by atoms with Crippen molar-refractivity contribution < 1.29 is 18.0 Å². The molecule has 2 heterocycles. The molecule has 4 rings (SSSR count). The molecule has 8 heteroatoms. The monoisotopic (exact) mass is 412 g/mol. The van der Waals surface area contributed by atoms with Gasteiger partial charge in [0.15, 0.2) is 5.82 Å². The molecule has 154 valence electrons. The van der Waals surface area contributed by atoms with Crippen LogP contribution in [0.3, 0.4) is 0 Å². The summed E-state index contributed by atoms with van der Waals surface area (Å²) in [5.74, 6) is -2.11. The largest absolute Gasteiger partial charge is 0.361 e. The number of aromatic nitrogens is 3. The first-order chi connectivity index (χ1) is 14.3. The molecule has 2 aromatic carbocycles. The van der Waals surface area contributed by atoms with Gasteiger partial charge in [0.2, 0.25) is 0 Å². The lowest BCUT2D eigenvalue weighted by atomic mass is 10.1. The molecule has 30 heavy (non-hydrogen) atoms. The Morgan fingerprint density at radius 2 is 1.83 bits per heavy atom. The minimum atomic E-state index is -0.765. The smallest absolute Gasteiger partial charge is 0.255 e. The van der Waals surface area contributed by atoms with Gasteiger partial charge in [-0.05, 0) is 56.2 Å². The van der Waals surface area contributed by atoms with E-state index >= 15 is 0 Å². The first-order valence-corrected chi connectivity index (χ1v) is 9.40. The SMILES string of the molecule is Cc1nn(-c2ccc(F)cc2F)c(C)c1C(=O)NCCc1c[nH]c2ccc(F)cc12. The molecule has 0 aliphatic rings. The molecule has 4 aromatic rings. The van der Waals surface area contributed by atoms with Crippen molar-refractivity contribution in [3.63, 3.8) is 0 Å². The highest BCUT2D eigenvalue weighted by atomic mass is 19.1. The Morgan fingerprint density at radius 3 is 2.60 bits per heavy atom. The third-order valence-corrected chi connectivity index (χ3v) is 5.07. The fourth-order valence-corrected chi connectivity index (χ4v) is 3.62. The number of carbonyl (C=O) groups is 1. The second kappa shape index (κ2) is 7.70. The van der Waals surface area contributed by atoms with Crippen LogP contribution in [0, 0.1) is 31.3 Å². The predicted molar refractivity (Wildman–Crippen MR) is 107 cm³/mol. The first kappa shape index (κ1) is 19.8. The zero-order chi connectivity index (χ0) is 21.4. The van der Waals surface area contributed by atoms with E-state index in [1.165, 1.54) is 22.9 Å². The average Bonchev–Trinajstić information content (AvgIpc) is 3.22. The zero-order valence-electron chi connectivity index (χ0n) is 16.4. The lowest BCUT2D eigenvalue weighted by molar-refractivity contribution is 0.0953. The molecule has 0 aliphatic heterocycles. The second-order valence-corrected chi connectivity index (χ2v) is 7.06. The van der Waals surface area contributed by atoms with Crippen molar-refractivity contribution in [2.45, 2.75) is 20.3 Å². The van der Waals surface area contributed by atoms with Crippen molar-refractivity contribution >= 4 is 16.8 Å². The minimum Gasteiger partial charge on any atom is -0.361 e. The van der Waals surface area contributed by atoms with E-state index in [0.29, 0.717) is 29.9 Å². The Hall–Kier alpha value is -3.55. The van der Waals surface area contributed by atoms with E-state index in [9.17, 15) is 18.0 Å². The molecule has 0 spiro atoms. The van der Waals surface area contributed by atoms with Crippen molar-refractivity contribution in [1.29, 1.82) is 0 Å². The van der Waals surface area contributed by atoms with E-state index < -0.39 is 11.6 Å². The molecule has 0 fully saturated rings. The number of carbonyl (C=O) groups excluding carboxylic acids is 1. The third kappa shape index (κ3) is 3.56. The Kier molecular flexibility index (Phi) is 5.07. The van der Waals surface area contributed by atoms with Crippen molar-refractivity contribution in [3.05, 3.63) is 82.6 Å². The van der Waals surface area contributed by atoms with Gasteiger partial charge in [0.1, 0.15) is 17.3 Å². The molecule has 2 N–H and O–H groups in total. The third-order valence-electron chi connectivity index (χ3n) is 5.07. The highest BCUT2D eigenvalue weighted by molar-refractivity contribution is 5.96. The van der Waals surface area contributed by atoms with Crippen LogP contribution in [0.15, 0.2) is 42.6 Å². The summed E-state index contributed by atoms with van der Waals surface area (Å²) < 4.78 is 42.1.